The molecule has 29 heavy (non-hydrogen) atoms. The van der Waals surface area contributed by atoms with Crippen molar-refractivity contribution in [1.82, 2.24) is 0 Å². The third kappa shape index (κ3) is 7.86. The first kappa shape index (κ1) is 22.3. The summed E-state index contributed by atoms with van der Waals surface area (Å²) in [7, 11) is 0. The van der Waals surface area contributed by atoms with Crippen LogP contribution in [0.15, 0.2) is 46.4 Å². The van der Waals surface area contributed by atoms with Crippen LogP contribution in [0, 0.1) is 0 Å². The molecular formula is C23H30N2O4. The summed E-state index contributed by atoms with van der Waals surface area (Å²) in [6, 6.07) is 10.4. The van der Waals surface area contributed by atoms with Crippen molar-refractivity contribution in [1.29, 1.82) is 0 Å². The Morgan fingerprint density at radius 3 is 1.59 bits per heavy atom. The Kier molecular flexibility index (Phi) is 9.55. The molecule has 0 heterocycles. The van der Waals surface area contributed by atoms with E-state index in [2.05, 4.69) is 9.98 Å². The van der Waals surface area contributed by atoms with Crippen molar-refractivity contribution in [3.8, 4) is 23.0 Å². The van der Waals surface area contributed by atoms with Gasteiger partial charge in [0, 0.05) is 48.8 Å². The molecule has 0 saturated carbocycles. The lowest BCUT2D eigenvalue weighted by molar-refractivity contribution is 0.315. The van der Waals surface area contributed by atoms with Crippen LogP contribution < -0.4 is 9.47 Å². The minimum absolute atomic E-state index is 0.155. The van der Waals surface area contributed by atoms with Crippen molar-refractivity contribution in [3.63, 3.8) is 0 Å². The van der Waals surface area contributed by atoms with Gasteiger partial charge < -0.3 is 19.7 Å². The number of hydrogen-bond donors (Lipinski definition) is 2. The zero-order valence-electron chi connectivity index (χ0n) is 17.2. The molecule has 0 atom stereocenters. The van der Waals surface area contributed by atoms with Crippen LogP contribution in [-0.2, 0) is 0 Å². The third-order valence-electron chi connectivity index (χ3n) is 3.98. The molecule has 2 aromatic rings. The van der Waals surface area contributed by atoms with Gasteiger partial charge in [0.25, 0.3) is 0 Å². The summed E-state index contributed by atoms with van der Waals surface area (Å²) in [5, 5.41) is 20.0. The van der Waals surface area contributed by atoms with Gasteiger partial charge >= 0.3 is 0 Å². The standard InChI is InChI=1S/C23H30N2O4/c1-3-12-28-20-8-6-18(22(26)14-20)16-24-10-5-11-25-17-19-7-9-21(15-23(19)27)29-13-4-2/h6-9,14-17,26-27H,3-5,10-13H2,1-2H3. The van der Waals surface area contributed by atoms with E-state index in [1.807, 2.05) is 26.0 Å². The summed E-state index contributed by atoms with van der Waals surface area (Å²) in [5.74, 6) is 1.62. The SMILES string of the molecule is CCCOc1ccc(C=NCCCN=Cc2ccc(OCCC)cc2O)c(O)c1. The van der Waals surface area contributed by atoms with Gasteiger partial charge in [-0.1, -0.05) is 13.8 Å². The van der Waals surface area contributed by atoms with E-state index in [1.165, 1.54) is 0 Å². The molecule has 0 aromatic heterocycles. The normalized spacial score (nSPS) is 11.4. The summed E-state index contributed by atoms with van der Waals surface area (Å²) in [5.41, 5.74) is 1.32. The maximum absolute atomic E-state index is 10.0. The lowest BCUT2D eigenvalue weighted by Crippen LogP contribution is -1.96. The van der Waals surface area contributed by atoms with E-state index >= 15 is 0 Å². The van der Waals surface area contributed by atoms with Crippen LogP contribution in [0.25, 0.3) is 0 Å². The molecule has 0 bridgehead atoms. The van der Waals surface area contributed by atoms with Crippen molar-refractivity contribution in [2.24, 2.45) is 9.98 Å². The maximum atomic E-state index is 10.0. The number of phenolic OH excluding ortho intramolecular Hbond substituents is 2. The number of rotatable bonds is 12. The lowest BCUT2D eigenvalue weighted by atomic mass is 10.2. The van der Waals surface area contributed by atoms with E-state index in [1.54, 1.807) is 36.7 Å². The zero-order valence-corrected chi connectivity index (χ0v) is 17.2. The summed E-state index contributed by atoms with van der Waals surface area (Å²) < 4.78 is 11.0. The molecule has 156 valence electrons. The molecule has 2 rings (SSSR count). The molecule has 0 radical (unpaired) electrons. The van der Waals surface area contributed by atoms with Crippen LogP contribution in [0.3, 0.4) is 0 Å². The molecule has 0 spiro atoms. The van der Waals surface area contributed by atoms with Crippen LogP contribution in [0.2, 0.25) is 0 Å². The van der Waals surface area contributed by atoms with Crippen LogP contribution in [0.5, 0.6) is 23.0 Å². The molecule has 2 N–H and O–H groups in total. The largest absolute Gasteiger partial charge is 0.507 e. The summed E-state index contributed by atoms with van der Waals surface area (Å²) in [4.78, 5) is 8.66. The first-order valence-corrected chi connectivity index (χ1v) is 10.0. The van der Waals surface area contributed by atoms with Gasteiger partial charge in [-0.25, -0.2) is 0 Å². The molecule has 0 aliphatic rings. The Labute approximate surface area is 172 Å². The minimum atomic E-state index is 0.155. The highest BCUT2D eigenvalue weighted by molar-refractivity contribution is 5.84. The number of hydrogen-bond acceptors (Lipinski definition) is 6. The van der Waals surface area contributed by atoms with Crippen LogP contribution in [0.1, 0.15) is 44.2 Å². The Hall–Kier alpha value is -3.02. The van der Waals surface area contributed by atoms with E-state index in [-0.39, 0.29) is 11.5 Å². The molecular weight excluding hydrogens is 368 g/mol. The fourth-order valence-corrected chi connectivity index (χ4v) is 2.46. The number of benzene rings is 2. The fraction of sp³-hybridized carbons (Fsp3) is 0.391. The van der Waals surface area contributed by atoms with E-state index in [0.717, 1.165) is 19.3 Å². The van der Waals surface area contributed by atoms with E-state index in [4.69, 9.17) is 9.47 Å². The minimum Gasteiger partial charge on any atom is -0.507 e. The predicted octanol–water partition coefficient (Wildman–Crippen LogP) is 4.60. The topological polar surface area (TPSA) is 83.6 Å². The number of aliphatic imine (C=N–C) groups is 2. The number of phenols is 2. The van der Waals surface area contributed by atoms with Crippen molar-refractivity contribution < 1.29 is 19.7 Å². The van der Waals surface area contributed by atoms with E-state index < -0.39 is 0 Å². The molecule has 6 nitrogen and oxygen atoms in total. The van der Waals surface area contributed by atoms with Crippen molar-refractivity contribution in [2.45, 2.75) is 33.1 Å². The van der Waals surface area contributed by atoms with Crippen molar-refractivity contribution >= 4 is 12.4 Å². The predicted molar refractivity (Wildman–Crippen MR) is 117 cm³/mol. The first-order valence-electron chi connectivity index (χ1n) is 10.0. The van der Waals surface area contributed by atoms with Crippen LogP contribution in [0.4, 0.5) is 0 Å². The second kappa shape index (κ2) is 12.4. The molecule has 6 heteroatoms. The fourth-order valence-electron chi connectivity index (χ4n) is 2.46. The third-order valence-corrected chi connectivity index (χ3v) is 3.98. The Morgan fingerprint density at radius 2 is 1.21 bits per heavy atom. The number of nitrogens with zero attached hydrogens (tertiary/aromatic N) is 2. The van der Waals surface area contributed by atoms with E-state index in [9.17, 15) is 10.2 Å². The Balaban J connectivity index is 1.75. The molecule has 2 aromatic carbocycles. The second-order valence-electron chi connectivity index (χ2n) is 6.56. The summed E-state index contributed by atoms with van der Waals surface area (Å²) >= 11 is 0. The average molecular weight is 399 g/mol. The van der Waals surface area contributed by atoms with Gasteiger partial charge in [0.15, 0.2) is 0 Å². The number of aromatic hydroxyl groups is 2. The maximum Gasteiger partial charge on any atom is 0.128 e. The average Bonchev–Trinajstić information content (AvgIpc) is 2.72. The molecule has 0 aliphatic heterocycles. The molecule has 0 unspecified atom stereocenters. The van der Waals surface area contributed by atoms with Gasteiger partial charge in [-0.05, 0) is 43.5 Å². The molecule has 0 saturated heterocycles. The van der Waals surface area contributed by atoms with Gasteiger partial charge in [-0.15, -0.1) is 0 Å². The van der Waals surface area contributed by atoms with Gasteiger partial charge in [0.05, 0.1) is 13.2 Å². The highest BCUT2D eigenvalue weighted by Crippen LogP contribution is 2.23. The first-order chi connectivity index (χ1) is 14.1. The molecule has 0 fully saturated rings. The van der Waals surface area contributed by atoms with Crippen LogP contribution >= 0.6 is 0 Å². The van der Waals surface area contributed by atoms with Gasteiger partial charge in [-0.2, -0.15) is 0 Å². The summed E-state index contributed by atoms with van der Waals surface area (Å²) in [6.07, 6.45) is 5.92. The highest BCUT2D eigenvalue weighted by atomic mass is 16.5. The van der Waals surface area contributed by atoms with Gasteiger partial charge in [0.1, 0.15) is 23.0 Å². The van der Waals surface area contributed by atoms with E-state index in [0.29, 0.717) is 48.9 Å². The Bertz CT molecular complexity index is 751. The smallest absolute Gasteiger partial charge is 0.128 e. The highest BCUT2D eigenvalue weighted by Gasteiger charge is 2.02. The summed E-state index contributed by atoms with van der Waals surface area (Å²) in [6.45, 7) is 6.52. The van der Waals surface area contributed by atoms with Crippen LogP contribution in [-0.4, -0.2) is 48.9 Å². The zero-order chi connectivity index (χ0) is 20.9. The quantitative estimate of drug-likeness (QED) is 0.404. The van der Waals surface area contributed by atoms with Gasteiger partial charge in [-0.3, -0.25) is 9.98 Å². The monoisotopic (exact) mass is 398 g/mol. The second-order valence-corrected chi connectivity index (χ2v) is 6.56. The number of ether oxygens (including phenoxy) is 2. The lowest BCUT2D eigenvalue weighted by Gasteiger charge is -2.06. The van der Waals surface area contributed by atoms with Crippen molar-refractivity contribution in [2.75, 3.05) is 26.3 Å². The molecule has 0 aliphatic carbocycles. The Morgan fingerprint density at radius 1 is 0.759 bits per heavy atom. The van der Waals surface area contributed by atoms with Crippen molar-refractivity contribution in [3.05, 3.63) is 47.5 Å². The molecule has 0 amide bonds. The van der Waals surface area contributed by atoms with Gasteiger partial charge in [0.2, 0.25) is 0 Å².